The summed E-state index contributed by atoms with van der Waals surface area (Å²) in [6, 6.07) is 21.0. The zero-order valence-electron chi connectivity index (χ0n) is 26.3. The Balaban J connectivity index is 0.00000144. The fourth-order valence-corrected chi connectivity index (χ4v) is 6.53. The smallest absolute Gasteiger partial charge is 0.254 e. The second-order valence-corrected chi connectivity index (χ2v) is 11.6. The minimum absolute atomic E-state index is 0. The lowest BCUT2D eigenvalue weighted by Gasteiger charge is -2.41. The van der Waals surface area contributed by atoms with Gasteiger partial charge in [-0.1, -0.05) is 44.2 Å². The topological polar surface area (TPSA) is 77.9 Å². The van der Waals surface area contributed by atoms with E-state index >= 15 is 0 Å². The Kier molecular flexibility index (Phi) is 9.54. The lowest BCUT2D eigenvalue weighted by atomic mass is 9.97. The Morgan fingerprint density at radius 1 is 0.930 bits per heavy atom. The van der Waals surface area contributed by atoms with Crippen LogP contribution in [0.4, 0.5) is 17.1 Å². The van der Waals surface area contributed by atoms with Gasteiger partial charge in [-0.15, -0.1) is 0 Å². The first-order valence-corrected chi connectivity index (χ1v) is 15.7. The van der Waals surface area contributed by atoms with Gasteiger partial charge in [0, 0.05) is 71.9 Å². The molecule has 0 aromatic heterocycles. The molecule has 0 spiro atoms. The predicted octanol–water partition coefficient (Wildman–Crippen LogP) is 5.55. The van der Waals surface area contributed by atoms with Crippen LogP contribution in [-0.2, 0) is 13.1 Å². The molecule has 1 atom stereocenters. The van der Waals surface area contributed by atoms with Crippen LogP contribution >= 0.6 is 0 Å². The van der Waals surface area contributed by atoms with Crippen LogP contribution < -0.4 is 20.7 Å². The number of anilines is 3. The summed E-state index contributed by atoms with van der Waals surface area (Å²) >= 11 is 0. The highest BCUT2D eigenvalue weighted by Gasteiger charge is 2.31. The van der Waals surface area contributed by atoms with Crippen molar-refractivity contribution in [3.63, 3.8) is 0 Å². The maximum absolute atomic E-state index is 13.9. The van der Waals surface area contributed by atoms with Crippen molar-refractivity contribution in [2.75, 3.05) is 61.0 Å². The number of benzene rings is 3. The maximum atomic E-state index is 13.9. The molecule has 2 fully saturated rings. The summed E-state index contributed by atoms with van der Waals surface area (Å²) in [5, 5.41) is 9.50. The van der Waals surface area contributed by atoms with Gasteiger partial charge in [-0.25, -0.2) is 5.43 Å². The molecule has 43 heavy (non-hydrogen) atoms. The Hall–Kier alpha value is -4.06. The molecule has 8 heteroatoms. The van der Waals surface area contributed by atoms with Gasteiger partial charge in [-0.05, 0) is 67.3 Å². The summed E-state index contributed by atoms with van der Waals surface area (Å²) in [5.74, 6) is 0.131. The summed E-state index contributed by atoms with van der Waals surface area (Å²) in [6.07, 6.45) is 0. The molecule has 0 bridgehead atoms. The quantitative estimate of drug-likeness (QED) is 0.409. The minimum Gasteiger partial charge on any atom is -0.368 e. The molecule has 3 aliphatic rings. The summed E-state index contributed by atoms with van der Waals surface area (Å²) < 4.78 is 0. The van der Waals surface area contributed by atoms with Crippen LogP contribution in [0.2, 0.25) is 0 Å². The van der Waals surface area contributed by atoms with Crippen molar-refractivity contribution in [1.29, 1.82) is 5.26 Å². The Morgan fingerprint density at radius 3 is 2.40 bits per heavy atom. The molecular formula is C35H47N7O. The first-order chi connectivity index (χ1) is 20.9. The van der Waals surface area contributed by atoms with E-state index in [9.17, 15) is 10.1 Å². The number of nitrogens with one attached hydrogen (secondary N) is 2. The molecular weight excluding hydrogens is 534 g/mol. The normalized spacial score (nSPS) is 18.3. The SMILES string of the molecule is CC.Cc1cc(C)c(C(=O)N2CCN(c3cccc4c3NNC4)C[C@@H]2C)cc1CN1CCN(c2ccccc2C#N)CC1.[HH]. The molecule has 3 heterocycles. The lowest BCUT2D eigenvalue weighted by molar-refractivity contribution is 0.0673. The molecule has 1 amide bonds. The third kappa shape index (κ3) is 6.34. The number of piperazine rings is 2. The van der Waals surface area contributed by atoms with Crippen molar-refractivity contribution >= 4 is 23.0 Å². The lowest BCUT2D eigenvalue weighted by Crippen LogP contribution is -2.54. The van der Waals surface area contributed by atoms with Crippen molar-refractivity contribution in [2.24, 2.45) is 0 Å². The van der Waals surface area contributed by atoms with Gasteiger partial charge in [0.2, 0.25) is 0 Å². The van der Waals surface area contributed by atoms with Gasteiger partial charge in [0.1, 0.15) is 6.07 Å². The monoisotopic (exact) mass is 581 g/mol. The van der Waals surface area contributed by atoms with Gasteiger partial charge in [0.05, 0.1) is 22.6 Å². The number of hydrogen-bond acceptors (Lipinski definition) is 7. The van der Waals surface area contributed by atoms with Gasteiger partial charge in [0.15, 0.2) is 0 Å². The summed E-state index contributed by atoms with van der Waals surface area (Å²) in [6.45, 7) is 17.9. The molecule has 8 nitrogen and oxygen atoms in total. The number of nitriles is 1. The van der Waals surface area contributed by atoms with Crippen LogP contribution in [0, 0.1) is 25.2 Å². The van der Waals surface area contributed by atoms with E-state index in [-0.39, 0.29) is 13.4 Å². The number of carbonyl (C=O) groups is 1. The number of amides is 1. The average molecular weight is 582 g/mol. The van der Waals surface area contributed by atoms with Crippen LogP contribution in [0.25, 0.3) is 0 Å². The van der Waals surface area contributed by atoms with E-state index in [1.165, 1.54) is 22.4 Å². The Labute approximate surface area is 258 Å². The standard InChI is InChI=1S/C33H39N7O.C2H6.H2/c1-23-17-24(2)29(18-28(23)22-37-11-13-38(14-12-37)30-9-5-4-7-26(30)19-34)33(41)40-16-15-39(21-25(40)3)31-10-6-8-27-20-35-36-32(27)31;1-2;/h4-10,17-18,25,35-36H,11-16,20-22H2,1-3H3;1-2H3;1H/t25-;;/m0../s1. The first kappa shape index (κ1) is 30.4. The molecule has 2 saturated heterocycles. The molecule has 228 valence electrons. The maximum Gasteiger partial charge on any atom is 0.254 e. The Bertz CT molecular complexity index is 1490. The van der Waals surface area contributed by atoms with Crippen LogP contribution in [0.5, 0.6) is 0 Å². The van der Waals surface area contributed by atoms with Gasteiger partial charge in [0.25, 0.3) is 5.91 Å². The highest BCUT2D eigenvalue weighted by Crippen LogP contribution is 2.33. The molecule has 0 unspecified atom stereocenters. The third-order valence-corrected chi connectivity index (χ3v) is 8.89. The number of aryl methyl sites for hydroxylation is 2. The van der Waals surface area contributed by atoms with E-state index in [0.29, 0.717) is 6.54 Å². The van der Waals surface area contributed by atoms with E-state index in [4.69, 9.17) is 0 Å². The van der Waals surface area contributed by atoms with E-state index in [1.54, 1.807) is 0 Å². The minimum atomic E-state index is 0. The van der Waals surface area contributed by atoms with E-state index < -0.39 is 0 Å². The summed E-state index contributed by atoms with van der Waals surface area (Å²) in [4.78, 5) is 23.1. The molecule has 3 aliphatic heterocycles. The van der Waals surface area contributed by atoms with Gasteiger partial charge >= 0.3 is 0 Å². The number of fused-ring (bicyclic) bond motifs is 1. The largest absolute Gasteiger partial charge is 0.368 e. The van der Waals surface area contributed by atoms with Crippen LogP contribution in [0.3, 0.4) is 0 Å². The number of rotatable bonds is 5. The fourth-order valence-electron chi connectivity index (χ4n) is 6.53. The first-order valence-electron chi connectivity index (χ1n) is 15.7. The molecule has 6 rings (SSSR count). The number of para-hydroxylation sites is 2. The van der Waals surface area contributed by atoms with Crippen molar-refractivity contribution in [3.8, 4) is 6.07 Å². The van der Waals surface area contributed by atoms with E-state index in [1.807, 2.05) is 38.1 Å². The number of hydrogen-bond donors (Lipinski definition) is 2. The van der Waals surface area contributed by atoms with E-state index in [0.717, 1.165) is 80.4 Å². The van der Waals surface area contributed by atoms with E-state index in [2.05, 4.69) is 87.6 Å². The van der Waals surface area contributed by atoms with Crippen molar-refractivity contribution in [2.45, 2.75) is 53.8 Å². The van der Waals surface area contributed by atoms with Crippen molar-refractivity contribution in [3.05, 3.63) is 88.0 Å². The number of nitrogens with zero attached hydrogens (tertiary/aromatic N) is 5. The molecule has 0 saturated carbocycles. The zero-order valence-corrected chi connectivity index (χ0v) is 26.3. The molecule has 0 aliphatic carbocycles. The predicted molar refractivity (Wildman–Crippen MR) is 178 cm³/mol. The van der Waals surface area contributed by atoms with Gasteiger partial charge in [-0.2, -0.15) is 5.26 Å². The molecule has 0 radical (unpaired) electrons. The molecule has 2 N–H and O–H groups in total. The fraction of sp³-hybridized carbons (Fsp3) is 0.429. The molecule has 3 aromatic rings. The highest BCUT2D eigenvalue weighted by molar-refractivity contribution is 5.96. The second-order valence-electron chi connectivity index (χ2n) is 11.6. The second kappa shape index (κ2) is 13.5. The van der Waals surface area contributed by atoms with Gasteiger partial charge < -0.3 is 20.1 Å². The van der Waals surface area contributed by atoms with Crippen LogP contribution in [0.15, 0.2) is 54.6 Å². The number of carbonyl (C=O) groups excluding carboxylic acids is 1. The number of hydrazine groups is 1. The highest BCUT2D eigenvalue weighted by atomic mass is 16.2. The third-order valence-electron chi connectivity index (χ3n) is 8.89. The zero-order chi connectivity index (χ0) is 30.5. The summed E-state index contributed by atoms with van der Waals surface area (Å²) in [5.41, 5.74) is 16.3. The van der Waals surface area contributed by atoms with Gasteiger partial charge in [-0.3, -0.25) is 9.69 Å². The average Bonchev–Trinajstić information content (AvgIpc) is 3.53. The summed E-state index contributed by atoms with van der Waals surface area (Å²) in [7, 11) is 0. The van der Waals surface area contributed by atoms with Crippen LogP contribution in [-0.4, -0.2) is 67.6 Å². The Morgan fingerprint density at radius 2 is 1.65 bits per heavy atom. The van der Waals surface area contributed by atoms with Crippen molar-refractivity contribution in [1.82, 2.24) is 15.2 Å². The van der Waals surface area contributed by atoms with Crippen molar-refractivity contribution < 1.29 is 6.22 Å². The van der Waals surface area contributed by atoms with Crippen LogP contribution in [0.1, 0.15) is 60.4 Å². The molecule has 3 aromatic carbocycles.